The van der Waals surface area contributed by atoms with Crippen LogP contribution in [0.15, 0.2) is 24.3 Å². The quantitative estimate of drug-likeness (QED) is 0.771. The number of rotatable bonds is 6. The van der Waals surface area contributed by atoms with Gasteiger partial charge in [0.25, 0.3) is 0 Å². The summed E-state index contributed by atoms with van der Waals surface area (Å²) in [5.74, 6) is 0.800. The Balaban J connectivity index is 2.46. The molecule has 1 aromatic rings. The van der Waals surface area contributed by atoms with E-state index in [1.165, 1.54) is 24.0 Å². The van der Waals surface area contributed by atoms with Crippen molar-refractivity contribution in [3.8, 4) is 0 Å². The Hall–Kier alpha value is -0.820. The molecule has 0 fully saturated rings. The van der Waals surface area contributed by atoms with Crippen molar-refractivity contribution in [3.63, 3.8) is 0 Å². The molecule has 1 unspecified atom stereocenters. The smallest absolute Gasteiger partial charge is 0.0105 e. The highest BCUT2D eigenvalue weighted by molar-refractivity contribution is 5.22. The van der Waals surface area contributed by atoms with Gasteiger partial charge in [-0.1, -0.05) is 43.7 Å². The zero-order chi connectivity index (χ0) is 12.0. The van der Waals surface area contributed by atoms with Gasteiger partial charge in [0.1, 0.15) is 0 Å². The summed E-state index contributed by atoms with van der Waals surface area (Å²) < 4.78 is 0. The van der Waals surface area contributed by atoms with Crippen molar-refractivity contribution in [2.24, 2.45) is 5.92 Å². The van der Waals surface area contributed by atoms with E-state index < -0.39 is 0 Å². The van der Waals surface area contributed by atoms with E-state index in [9.17, 15) is 0 Å². The Bertz CT molecular complexity index is 287. The fourth-order valence-corrected chi connectivity index (χ4v) is 1.89. The van der Waals surface area contributed by atoms with Gasteiger partial charge in [0.15, 0.2) is 0 Å². The van der Waals surface area contributed by atoms with Gasteiger partial charge in [0.05, 0.1) is 0 Å². The molecule has 0 aliphatic heterocycles. The first-order valence-electron chi connectivity index (χ1n) is 6.34. The lowest BCUT2D eigenvalue weighted by atomic mass is 9.97. The molecule has 0 saturated heterocycles. The molecule has 0 saturated carbocycles. The monoisotopic (exact) mass is 219 g/mol. The zero-order valence-electron chi connectivity index (χ0n) is 11.1. The first-order valence-corrected chi connectivity index (χ1v) is 6.34. The van der Waals surface area contributed by atoms with Gasteiger partial charge in [-0.2, -0.15) is 0 Å². The molecular formula is C15H25N. The van der Waals surface area contributed by atoms with Crippen molar-refractivity contribution in [2.45, 2.75) is 46.1 Å². The van der Waals surface area contributed by atoms with E-state index >= 15 is 0 Å². The van der Waals surface area contributed by atoms with Crippen molar-refractivity contribution in [1.29, 1.82) is 0 Å². The molecule has 1 rings (SSSR count). The fraction of sp³-hybridized carbons (Fsp3) is 0.600. The molecule has 1 atom stereocenters. The van der Waals surface area contributed by atoms with Gasteiger partial charge in [-0.25, -0.2) is 0 Å². The minimum atomic E-state index is 0.616. The summed E-state index contributed by atoms with van der Waals surface area (Å²) in [5.41, 5.74) is 2.78. The average Bonchev–Trinajstić information content (AvgIpc) is 2.26. The molecule has 0 aliphatic carbocycles. The van der Waals surface area contributed by atoms with Crippen LogP contribution in [0.4, 0.5) is 0 Å². The number of likely N-dealkylation sites (N-methyl/N-ethyl adjacent to an activating group) is 1. The van der Waals surface area contributed by atoms with Gasteiger partial charge in [0.2, 0.25) is 0 Å². The van der Waals surface area contributed by atoms with Crippen molar-refractivity contribution in [3.05, 3.63) is 35.4 Å². The molecule has 90 valence electrons. The maximum absolute atomic E-state index is 3.42. The maximum Gasteiger partial charge on any atom is 0.0105 e. The highest BCUT2D eigenvalue weighted by atomic mass is 14.9. The standard InChI is InChI=1S/C15H25N/c1-12(2)5-10-15(16-4)11-14-8-6-13(3)7-9-14/h6-9,12,15-16H,5,10-11H2,1-4H3. The summed E-state index contributed by atoms with van der Waals surface area (Å²) in [4.78, 5) is 0. The maximum atomic E-state index is 3.42. The van der Waals surface area contributed by atoms with Crippen LogP contribution in [-0.4, -0.2) is 13.1 Å². The molecule has 0 bridgehead atoms. The Morgan fingerprint density at radius 2 is 1.69 bits per heavy atom. The van der Waals surface area contributed by atoms with Gasteiger partial charge in [-0.3, -0.25) is 0 Å². The molecular weight excluding hydrogens is 194 g/mol. The van der Waals surface area contributed by atoms with Crippen LogP contribution in [0.3, 0.4) is 0 Å². The second-order valence-electron chi connectivity index (χ2n) is 5.15. The molecule has 1 nitrogen and oxygen atoms in total. The van der Waals surface area contributed by atoms with Gasteiger partial charge < -0.3 is 5.32 Å². The minimum Gasteiger partial charge on any atom is -0.317 e. The minimum absolute atomic E-state index is 0.616. The fourth-order valence-electron chi connectivity index (χ4n) is 1.89. The van der Waals surface area contributed by atoms with Crippen molar-refractivity contribution >= 4 is 0 Å². The van der Waals surface area contributed by atoms with E-state index in [0.717, 1.165) is 12.3 Å². The molecule has 0 radical (unpaired) electrons. The lowest BCUT2D eigenvalue weighted by Crippen LogP contribution is -2.27. The van der Waals surface area contributed by atoms with Crippen LogP contribution in [0.25, 0.3) is 0 Å². The number of hydrogen-bond donors (Lipinski definition) is 1. The van der Waals surface area contributed by atoms with E-state index in [1.807, 2.05) is 0 Å². The molecule has 16 heavy (non-hydrogen) atoms. The SMILES string of the molecule is CNC(CCC(C)C)Cc1ccc(C)cc1. The first-order chi connectivity index (χ1) is 7.61. The third-order valence-electron chi connectivity index (χ3n) is 3.10. The number of nitrogens with one attached hydrogen (secondary N) is 1. The highest BCUT2D eigenvalue weighted by Gasteiger charge is 2.07. The predicted molar refractivity (Wildman–Crippen MR) is 71.8 cm³/mol. The zero-order valence-corrected chi connectivity index (χ0v) is 11.1. The van der Waals surface area contributed by atoms with Gasteiger partial charge in [0, 0.05) is 6.04 Å². The van der Waals surface area contributed by atoms with Gasteiger partial charge in [-0.15, -0.1) is 0 Å². The van der Waals surface area contributed by atoms with E-state index in [4.69, 9.17) is 0 Å². The number of aryl methyl sites for hydroxylation is 1. The third-order valence-corrected chi connectivity index (χ3v) is 3.10. The summed E-state index contributed by atoms with van der Waals surface area (Å²) in [7, 11) is 2.07. The Morgan fingerprint density at radius 1 is 1.06 bits per heavy atom. The Kier molecular flexibility index (Phi) is 5.54. The molecule has 1 aromatic carbocycles. The van der Waals surface area contributed by atoms with Gasteiger partial charge >= 0.3 is 0 Å². The average molecular weight is 219 g/mol. The lowest BCUT2D eigenvalue weighted by Gasteiger charge is -2.17. The largest absolute Gasteiger partial charge is 0.317 e. The first kappa shape index (κ1) is 13.2. The van der Waals surface area contributed by atoms with Crippen LogP contribution >= 0.6 is 0 Å². The van der Waals surface area contributed by atoms with Crippen molar-refractivity contribution in [1.82, 2.24) is 5.32 Å². The van der Waals surface area contributed by atoms with E-state index in [-0.39, 0.29) is 0 Å². The van der Waals surface area contributed by atoms with Crippen LogP contribution < -0.4 is 5.32 Å². The predicted octanol–water partition coefficient (Wildman–Crippen LogP) is 3.56. The number of benzene rings is 1. The normalized spacial score (nSPS) is 13.1. The molecule has 0 aromatic heterocycles. The summed E-state index contributed by atoms with van der Waals surface area (Å²) in [5, 5.41) is 3.42. The summed E-state index contributed by atoms with van der Waals surface area (Å²) in [6, 6.07) is 9.50. The van der Waals surface area contributed by atoms with E-state index in [1.54, 1.807) is 0 Å². The second-order valence-corrected chi connectivity index (χ2v) is 5.15. The Labute approximate surface area is 100 Å². The van der Waals surface area contributed by atoms with Crippen LogP contribution in [0.2, 0.25) is 0 Å². The summed E-state index contributed by atoms with van der Waals surface area (Å²) in [6.07, 6.45) is 3.71. The third kappa shape index (κ3) is 4.80. The van der Waals surface area contributed by atoms with Crippen LogP contribution in [0.5, 0.6) is 0 Å². The highest BCUT2D eigenvalue weighted by Crippen LogP contribution is 2.12. The van der Waals surface area contributed by atoms with Crippen LogP contribution in [0.1, 0.15) is 37.8 Å². The lowest BCUT2D eigenvalue weighted by molar-refractivity contribution is 0.451. The van der Waals surface area contributed by atoms with Crippen molar-refractivity contribution < 1.29 is 0 Å². The molecule has 1 heteroatoms. The number of hydrogen-bond acceptors (Lipinski definition) is 1. The van der Waals surface area contributed by atoms with E-state index in [0.29, 0.717) is 6.04 Å². The van der Waals surface area contributed by atoms with E-state index in [2.05, 4.69) is 57.4 Å². The van der Waals surface area contributed by atoms with Gasteiger partial charge in [-0.05, 0) is 44.7 Å². The Morgan fingerprint density at radius 3 is 2.19 bits per heavy atom. The summed E-state index contributed by atoms with van der Waals surface area (Å²) in [6.45, 7) is 6.72. The molecule has 0 heterocycles. The molecule has 0 amide bonds. The molecule has 0 spiro atoms. The topological polar surface area (TPSA) is 12.0 Å². The van der Waals surface area contributed by atoms with Crippen molar-refractivity contribution in [2.75, 3.05) is 7.05 Å². The summed E-state index contributed by atoms with van der Waals surface area (Å²) >= 11 is 0. The van der Waals surface area contributed by atoms with Crippen LogP contribution in [0, 0.1) is 12.8 Å². The van der Waals surface area contributed by atoms with Crippen LogP contribution in [-0.2, 0) is 6.42 Å². The molecule has 1 N–H and O–H groups in total. The molecule has 0 aliphatic rings. The second kappa shape index (κ2) is 6.70.